The van der Waals surface area contributed by atoms with Gasteiger partial charge >= 0.3 is 5.97 Å². The summed E-state index contributed by atoms with van der Waals surface area (Å²) in [4.78, 5) is 11.5. The first-order valence-corrected chi connectivity index (χ1v) is 7.04. The highest BCUT2D eigenvalue weighted by atomic mass is 127. The molecule has 1 aliphatic heterocycles. The van der Waals surface area contributed by atoms with Gasteiger partial charge in [-0.1, -0.05) is 52.4 Å². The fraction of sp³-hybridized carbons (Fsp3) is 0.462. The summed E-state index contributed by atoms with van der Waals surface area (Å²) in [5, 5.41) is 0. The van der Waals surface area contributed by atoms with Gasteiger partial charge in [-0.3, -0.25) is 4.79 Å². The normalized spacial score (nSPS) is 25.2. The molecular formula is C13H15IO2. The summed E-state index contributed by atoms with van der Waals surface area (Å²) in [5.41, 5.74) is 1.96. The van der Waals surface area contributed by atoms with Crippen LogP contribution in [0.2, 0.25) is 0 Å². The van der Waals surface area contributed by atoms with E-state index in [1.165, 1.54) is 5.56 Å². The molecule has 0 amide bonds. The number of cyclic esters (lactones) is 1. The lowest BCUT2D eigenvalue weighted by Crippen LogP contribution is -2.37. The van der Waals surface area contributed by atoms with Crippen LogP contribution in [0, 0.1) is 6.92 Å². The Morgan fingerprint density at radius 3 is 2.94 bits per heavy atom. The molecule has 0 spiro atoms. The second-order valence-corrected chi connectivity index (χ2v) is 5.09. The van der Waals surface area contributed by atoms with Crippen molar-refractivity contribution >= 4 is 28.6 Å². The summed E-state index contributed by atoms with van der Waals surface area (Å²) in [6.45, 7) is 2.06. The first-order chi connectivity index (χ1) is 7.66. The van der Waals surface area contributed by atoms with Crippen LogP contribution in [0.25, 0.3) is 0 Å². The molecule has 1 atom stereocenters. The van der Waals surface area contributed by atoms with Gasteiger partial charge in [0.1, 0.15) is 5.60 Å². The quantitative estimate of drug-likeness (QED) is 0.472. The topological polar surface area (TPSA) is 26.3 Å². The minimum atomic E-state index is -0.387. The molecule has 0 bridgehead atoms. The van der Waals surface area contributed by atoms with Gasteiger partial charge in [0.15, 0.2) is 0 Å². The Kier molecular flexibility index (Phi) is 3.52. The lowest BCUT2D eigenvalue weighted by molar-refractivity contribution is -0.165. The summed E-state index contributed by atoms with van der Waals surface area (Å²) in [6.07, 6.45) is 2.42. The third-order valence-corrected chi connectivity index (χ3v) is 4.26. The molecular weight excluding hydrogens is 315 g/mol. The molecule has 1 aliphatic rings. The summed E-state index contributed by atoms with van der Waals surface area (Å²) in [5.74, 6) is -0.0653. The van der Waals surface area contributed by atoms with E-state index < -0.39 is 0 Å². The Morgan fingerprint density at radius 1 is 1.50 bits per heavy atom. The Balaban J connectivity index is 2.37. The van der Waals surface area contributed by atoms with Crippen molar-refractivity contribution in [3.05, 3.63) is 35.4 Å². The van der Waals surface area contributed by atoms with E-state index in [1.54, 1.807) is 0 Å². The Bertz CT molecular complexity index is 403. The van der Waals surface area contributed by atoms with Crippen LogP contribution in [-0.2, 0) is 15.1 Å². The molecule has 0 radical (unpaired) electrons. The second kappa shape index (κ2) is 4.73. The van der Waals surface area contributed by atoms with Crippen molar-refractivity contribution in [2.75, 3.05) is 4.43 Å². The first-order valence-electron chi connectivity index (χ1n) is 5.51. The van der Waals surface area contributed by atoms with Crippen molar-refractivity contribution in [2.24, 2.45) is 0 Å². The molecule has 0 saturated carbocycles. The van der Waals surface area contributed by atoms with Crippen LogP contribution in [0.3, 0.4) is 0 Å². The van der Waals surface area contributed by atoms with Gasteiger partial charge in [-0.25, -0.2) is 0 Å². The molecule has 0 aliphatic carbocycles. The van der Waals surface area contributed by atoms with E-state index in [2.05, 4.69) is 47.7 Å². The van der Waals surface area contributed by atoms with Crippen molar-refractivity contribution < 1.29 is 9.53 Å². The van der Waals surface area contributed by atoms with Crippen LogP contribution in [0.4, 0.5) is 0 Å². The minimum absolute atomic E-state index is 0.0653. The van der Waals surface area contributed by atoms with Gasteiger partial charge in [0, 0.05) is 10.8 Å². The van der Waals surface area contributed by atoms with Gasteiger partial charge in [-0.15, -0.1) is 0 Å². The Morgan fingerprint density at radius 2 is 2.31 bits per heavy atom. The number of rotatable bonds is 2. The lowest BCUT2D eigenvalue weighted by Gasteiger charge is -2.35. The summed E-state index contributed by atoms with van der Waals surface area (Å²) in [6, 6.07) is 8.28. The number of aryl methyl sites for hydroxylation is 1. The maximum absolute atomic E-state index is 11.5. The molecule has 0 unspecified atom stereocenters. The summed E-state index contributed by atoms with van der Waals surface area (Å²) < 4.78 is 6.44. The number of halogens is 1. The van der Waals surface area contributed by atoms with Gasteiger partial charge in [-0.05, 0) is 25.3 Å². The van der Waals surface area contributed by atoms with Crippen molar-refractivity contribution in [1.82, 2.24) is 0 Å². The molecule has 16 heavy (non-hydrogen) atoms. The predicted octanol–water partition coefficient (Wildman–Crippen LogP) is 3.35. The predicted molar refractivity (Wildman–Crippen MR) is 71.7 cm³/mol. The number of esters is 1. The van der Waals surface area contributed by atoms with Gasteiger partial charge < -0.3 is 4.74 Å². The smallest absolute Gasteiger partial charge is 0.306 e. The van der Waals surface area contributed by atoms with Crippen LogP contribution in [-0.4, -0.2) is 10.4 Å². The zero-order chi connectivity index (χ0) is 11.6. The largest absolute Gasteiger partial charge is 0.453 e. The van der Waals surface area contributed by atoms with E-state index in [-0.39, 0.29) is 11.6 Å². The third-order valence-electron chi connectivity index (χ3n) is 3.03. The highest BCUT2D eigenvalue weighted by molar-refractivity contribution is 14.1. The van der Waals surface area contributed by atoms with Crippen molar-refractivity contribution in [1.29, 1.82) is 0 Å². The van der Waals surface area contributed by atoms with Crippen molar-refractivity contribution in [2.45, 2.75) is 31.8 Å². The fourth-order valence-corrected chi connectivity index (χ4v) is 3.12. The molecule has 1 saturated heterocycles. The number of ether oxygens (including phenoxy) is 1. The zero-order valence-corrected chi connectivity index (χ0v) is 11.5. The number of benzene rings is 1. The monoisotopic (exact) mass is 330 g/mol. The van der Waals surface area contributed by atoms with E-state index in [4.69, 9.17) is 4.74 Å². The molecule has 1 aromatic rings. The van der Waals surface area contributed by atoms with Gasteiger partial charge in [0.2, 0.25) is 0 Å². The highest BCUT2D eigenvalue weighted by Gasteiger charge is 2.38. The van der Waals surface area contributed by atoms with Gasteiger partial charge in [0.25, 0.3) is 0 Å². The average molecular weight is 330 g/mol. The fourth-order valence-electron chi connectivity index (χ4n) is 2.14. The van der Waals surface area contributed by atoms with E-state index >= 15 is 0 Å². The SMILES string of the molecule is Cc1cccc([C@]2(CI)CCCC(=O)O2)c1. The number of hydrogen-bond acceptors (Lipinski definition) is 2. The van der Waals surface area contributed by atoms with Gasteiger partial charge in [0.05, 0.1) is 0 Å². The number of hydrogen-bond donors (Lipinski definition) is 0. The maximum atomic E-state index is 11.5. The number of carbonyl (C=O) groups excluding carboxylic acids is 1. The van der Waals surface area contributed by atoms with Crippen molar-refractivity contribution in [3.8, 4) is 0 Å². The Labute approximate surface area is 110 Å². The Hall–Kier alpha value is -0.580. The molecule has 2 nitrogen and oxygen atoms in total. The minimum Gasteiger partial charge on any atom is -0.453 e. The summed E-state index contributed by atoms with van der Waals surface area (Å²) in [7, 11) is 0. The molecule has 1 aromatic carbocycles. The van der Waals surface area contributed by atoms with Crippen LogP contribution >= 0.6 is 22.6 Å². The zero-order valence-electron chi connectivity index (χ0n) is 9.33. The summed E-state index contributed by atoms with van der Waals surface area (Å²) >= 11 is 2.31. The van der Waals surface area contributed by atoms with Crippen molar-refractivity contribution in [3.63, 3.8) is 0 Å². The van der Waals surface area contributed by atoms with Crippen LogP contribution in [0.1, 0.15) is 30.4 Å². The van der Waals surface area contributed by atoms with E-state index in [0.717, 1.165) is 22.8 Å². The molecule has 0 N–H and O–H groups in total. The molecule has 0 aromatic heterocycles. The molecule has 1 heterocycles. The molecule has 2 rings (SSSR count). The van der Waals surface area contributed by atoms with E-state index in [1.807, 2.05) is 6.07 Å². The number of carbonyl (C=O) groups is 1. The molecule has 3 heteroatoms. The van der Waals surface area contributed by atoms with Crippen LogP contribution in [0.15, 0.2) is 24.3 Å². The average Bonchev–Trinajstić information content (AvgIpc) is 2.29. The maximum Gasteiger partial charge on any atom is 0.306 e. The van der Waals surface area contributed by atoms with E-state index in [0.29, 0.717) is 6.42 Å². The standard InChI is InChI=1S/C13H15IO2/c1-10-4-2-5-11(8-10)13(9-14)7-3-6-12(15)16-13/h2,4-5,8H,3,6-7,9H2,1H3/t13-/m1/s1. The second-order valence-electron chi connectivity index (χ2n) is 4.33. The molecule has 86 valence electrons. The lowest BCUT2D eigenvalue weighted by atomic mass is 9.87. The highest BCUT2D eigenvalue weighted by Crippen LogP contribution is 2.37. The van der Waals surface area contributed by atoms with E-state index in [9.17, 15) is 4.79 Å². The van der Waals surface area contributed by atoms with Gasteiger partial charge in [-0.2, -0.15) is 0 Å². The number of alkyl halides is 1. The van der Waals surface area contributed by atoms with Crippen LogP contribution in [0.5, 0.6) is 0 Å². The third kappa shape index (κ3) is 2.24. The van der Waals surface area contributed by atoms with Crippen LogP contribution < -0.4 is 0 Å². The molecule has 1 fully saturated rings. The first kappa shape index (κ1) is 11.9.